The first-order valence-electron chi connectivity index (χ1n) is 7.48. The molecule has 1 aromatic heterocycles. The molecule has 2 aliphatic rings. The Hall–Kier alpha value is -0.650. The van der Waals surface area contributed by atoms with Gasteiger partial charge < -0.3 is 10.6 Å². The Morgan fingerprint density at radius 2 is 2.00 bits per heavy atom. The summed E-state index contributed by atoms with van der Waals surface area (Å²) in [7, 11) is 0. The van der Waals surface area contributed by atoms with Crippen LogP contribution in [0.2, 0.25) is 0 Å². The quantitative estimate of drug-likeness (QED) is 0.922. The molecule has 0 radical (unpaired) electrons. The number of nitrogen functional groups attached to an aromatic ring is 1. The first kappa shape index (κ1) is 13.3. The van der Waals surface area contributed by atoms with Gasteiger partial charge in [-0.1, -0.05) is 0 Å². The van der Waals surface area contributed by atoms with Gasteiger partial charge in [0, 0.05) is 30.2 Å². The van der Waals surface area contributed by atoms with Crippen LogP contribution in [0.5, 0.6) is 0 Å². The van der Waals surface area contributed by atoms with Crippen molar-refractivity contribution in [1.82, 2.24) is 14.8 Å². The van der Waals surface area contributed by atoms with Crippen molar-refractivity contribution in [2.45, 2.75) is 44.7 Å². The summed E-state index contributed by atoms with van der Waals surface area (Å²) in [6.45, 7) is 6.13. The van der Waals surface area contributed by atoms with Crippen LogP contribution in [0.25, 0.3) is 0 Å². The van der Waals surface area contributed by atoms with Crippen molar-refractivity contribution < 1.29 is 0 Å². The SMILES string of the molecule is Nc1ncc(CN2CCCC(N3CCCC3)CC2)s1. The highest BCUT2D eigenvalue weighted by Crippen LogP contribution is 2.23. The average Bonchev–Trinajstić information content (AvgIpc) is 3.00. The molecular weight excluding hydrogens is 256 g/mol. The molecule has 5 heteroatoms. The van der Waals surface area contributed by atoms with Crippen LogP contribution in [-0.2, 0) is 6.54 Å². The van der Waals surface area contributed by atoms with Gasteiger partial charge in [-0.15, -0.1) is 11.3 Å². The molecule has 3 heterocycles. The van der Waals surface area contributed by atoms with Crippen LogP contribution in [0.4, 0.5) is 5.13 Å². The second-order valence-corrected chi connectivity index (χ2v) is 6.92. The highest BCUT2D eigenvalue weighted by atomic mass is 32.1. The van der Waals surface area contributed by atoms with Crippen LogP contribution >= 0.6 is 11.3 Å². The minimum atomic E-state index is 0.694. The minimum absolute atomic E-state index is 0.694. The van der Waals surface area contributed by atoms with E-state index >= 15 is 0 Å². The summed E-state index contributed by atoms with van der Waals surface area (Å²) in [5.74, 6) is 0. The lowest BCUT2D eigenvalue weighted by molar-refractivity contribution is 0.213. The van der Waals surface area contributed by atoms with Gasteiger partial charge in [-0.25, -0.2) is 4.98 Å². The molecule has 19 heavy (non-hydrogen) atoms. The van der Waals surface area contributed by atoms with E-state index in [4.69, 9.17) is 5.73 Å². The lowest BCUT2D eigenvalue weighted by Crippen LogP contribution is -2.33. The summed E-state index contributed by atoms with van der Waals surface area (Å²) in [4.78, 5) is 10.7. The maximum absolute atomic E-state index is 5.70. The Bertz CT molecular complexity index is 400. The van der Waals surface area contributed by atoms with E-state index in [2.05, 4.69) is 14.8 Å². The van der Waals surface area contributed by atoms with Gasteiger partial charge >= 0.3 is 0 Å². The fraction of sp³-hybridized carbons (Fsp3) is 0.786. The predicted molar refractivity (Wildman–Crippen MR) is 80.2 cm³/mol. The topological polar surface area (TPSA) is 45.4 Å². The lowest BCUT2D eigenvalue weighted by atomic mass is 10.1. The Kier molecular flexibility index (Phi) is 4.35. The van der Waals surface area contributed by atoms with E-state index < -0.39 is 0 Å². The van der Waals surface area contributed by atoms with Gasteiger partial charge in [0.2, 0.25) is 0 Å². The summed E-state index contributed by atoms with van der Waals surface area (Å²) < 4.78 is 0. The highest BCUT2D eigenvalue weighted by molar-refractivity contribution is 7.15. The van der Waals surface area contributed by atoms with Gasteiger partial charge in [-0.05, 0) is 51.7 Å². The number of rotatable bonds is 3. The summed E-state index contributed by atoms with van der Waals surface area (Å²) in [6.07, 6.45) is 8.77. The molecule has 1 aromatic rings. The van der Waals surface area contributed by atoms with Gasteiger partial charge in [0.15, 0.2) is 5.13 Å². The highest BCUT2D eigenvalue weighted by Gasteiger charge is 2.24. The normalized spacial score (nSPS) is 26.6. The fourth-order valence-electron chi connectivity index (χ4n) is 3.38. The standard InChI is InChI=1S/C14H24N4S/c15-14-16-10-13(19-14)11-17-6-3-4-12(5-9-17)18-7-1-2-8-18/h10,12H,1-9,11H2,(H2,15,16). The van der Waals surface area contributed by atoms with E-state index in [-0.39, 0.29) is 0 Å². The molecule has 2 N–H and O–H groups in total. The Balaban J connectivity index is 1.52. The van der Waals surface area contributed by atoms with E-state index in [1.807, 2.05) is 6.20 Å². The molecule has 0 aromatic carbocycles. The number of anilines is 1. The number of hydrogen-bond donors (Lipinski definition) is 1. The van der Waals surface area contributed by atoms with Crippen LogP contribution in [0.3, 0.4) is 0 Å². The Morgan fingerprint density at radius 3 is 2.74 bits per heavy atom. The van der Waals surface area contributed by atoms with E-state index in [0.29, 0.717) is 5.13 Å². The monoisotopic (exact) mass is 280 g/mol. The zero-order valence-electron chi connectivity index (χ0n) is 11.6. The largest absolute Gasteiger partial charge is 0.375 e. The van der Waals surface area contributed by atoms with Gasteiger partial charge in [0.05, 0.1) is 0 Å². The van der Waals surface area contributed by atoms with Crippen molar-refractivity contribution in [3.63, 3.8) is 0 Å². The van der Waals surface area contributed by atoms with Gasteiger partial charge in [-0.2, -0.15) is 0 Å². The second-order valence-electron chi connectivity index (χ2n) is 5.77. The predicted octanol–water partition coefficient (Wildman–Crippen LogP) is 2.18. The van der Waals surface area contributed by atoms with E-state index in [9.17, 15) is 0 Å². The number of hydrogen-bond acceptors (Lipinski definition) is 5. The van der Waals surface area contributed by atoms with Gasteiger partial charge in [-0.3, -0.25) is 4.90 Å². The molecular formula is C14H24N4S. The Morgan fingerprint density at radius 1 is 1.16 bits per heavy atom. The van der Waals surface area contributed by atoms with E-state index in [1.165, 1.54) is 63.2 Å². The van der Waals surface area contributed by atoms with Crippen LogP contribution in [0.1, 0.15) is 37.0 Å². The summed E-state index contributed by atoms with van der Waals surface area (Å²) in [5, 5.41) is 0.694. The van der Waals surface area contributed by atoms with Crippen molar-refractivity contribution in [2.24, 2.45) is 0 Å². The molecule has 106 valence electrons. The molecule has 0 spiro atoms. The van der Waals surface area contributed by atoms with Gasteiger partial charge in [0.1, 0.15) is 0 Å². The average molecular weight is 280 g/mol. The minimum Gasteiger partial charge on any atom is -0.375 e. The maximum Gasteiger partial charge on any atom is 0.180 e. The van der Waals surface area contributed by atoms with Crippen molar-refractivity contribution in [1.29, 1.82) is 0 Å². The zero-order valence-corrected chi connectivity index (χ0v) is 12.4. The number of thiazole rings is 1. The molecule has 0 amide bonds. The molecule has 1 atom stereocenters. The number of nitrogens with zero attached hydrogens (tertiary/aromatic N) is 3. The van der Waals surface area contributed by atoms with Crippen molar-refractivity contribution in [3.8, 4) is 0 Å². The van der Waals surface area contributed by atoms with Crippen molar-refractivity contribution >= 4 is 16.5 Å². The lowest BCUT2D eigenvalue weighted by Gasteiger charge is -2.26. The van der Waals surface area contributed by atoms with Crippen LogP contribution < -0.4 is 5.73 Å². The molecule has 2 fully saturated rings. The Labute approximate surface area is 119 Å². The van der Waals surface area contributed by atoms with E-state index in [1.54, 1.807) is 11.3 Å². The third-order valence-electron chi connectivity index (χ3n) is 4.40. The third kappa shape index (κ3) is 3.46. The summed E-state index contributed by atoms with van der Waals surface area (Å²) >= 11 is 1.63. The number of nitrogens with two attached hydrogens (primary N) is 1. The second kappa shape index (κ2) is 6.20. The molecule has 0 saturated carbocycles. The van der Waals surface area contributed by atoms with Crippen LogP contribution in [-0.4, -0.2) is 47.0 Å². The number of aromatic nitrogens is 1. The molecule has 2 saturated heterocycles. The molecule has 0 bridgehead atoms. The summed E-state index contributed by atoms with van der Waals surface area (Å²) in [6, 6.07) is 0.832. The fourth-order valence-corrected chi connectivity index (χ4v) is 4.11. The first-order chi connectivity index (χ1) is 9.31. The zero-order chi connectivity index (χ0) is 13.1. The van der Waals surface area contributed by atoms with Gasteiger partial charge in [0.25, 0.3) is 0 Å². The summed E-state index contributed by atoms with van der Waals surface area (Å²) in [5.41, 5.74) is 5.70. The molecule has 1 unspecified atom stereocenters. The third-order valence-corrected chi connectivity index (χ3v) is 5.21. The van der Waals surface area contributed by atoms with Crippen LogP contribution in [0, 0.1) is 0 Å². The molecule has 0 aliphatic carbocycles. The van der Waals surface area contributed by atoms with E-state index in [0.717, 1.165) is 12.6 Å². The number of likely N-dealkylation sites (tertiary alicyclic amines) is 2. The first-order valence-corrected chi connectivity index (χ1v) is 8.29. The van der Waals surface area contributed by atoms with Crippen LogP contribution in [0.15, 0.2) is 6.20 Å². The molecule has 4 nitrogen and oxygen atoms in total. The van der Waals surface area contributed by atoms with Crippen molar-refractivity contribution in [3.05, 3.63) is 11.1 Å². The molecule has 3 rings (SSSR count). The molecule has 2 aliphatic heterocycles. The van der Waals surface area contributed by atoms with Crippen molar-refractivity contribution in [2.75, 3.05) is 31.9 Å². The maximum atomic E-state index is 5.70. The smallest absolute Gasteiger partial charge is 0.180 e.